The first-order valence-electron chi connectivity index (χ1n) is 5.53. The van der Waals surface area contributed by atoms with Crippen molar-refractivity contribution >= 4 is 23.7 Å². The summed E-state index contributed by atoms with van der Waals surface area (Å²) in [7, 11) is 1.91. The summed E-state index contributed by atoms with van der Waals surface area (Å²) in [6.45, 7) is 0.574. The van der Waals surface area contributed by atoms with E-state index in [2.05, 4.69) is 22.9 Å². The third-order valence-corrected chi connectivity index (χ3v) is 2.48. The van der Waals surface area contributed by atoms with Crippen LogP contribution in [0.1, 0.15) is 25.0 Å². The molecule has 17 heavy (non-hydrogen) atoms. The van der Waals surface area contributed by atoms with Gasteiger partial charge in [0.1, 0.15) is 0 Å². The van der Waals surface area contributed by atoms with Gasteiger partial charge in [0.2, 0.25) is 5.91 Å². The number of carbonyl (C=O) groups is 2. The molecule has 0 spiro atoms. The molecule has 1 rings (SSSR count). The predicted molar refractivity (Wildman–Crippen MR) is 67.8 cm³/mol. The predicted octanol–water partition coefficient (Wildman–Crippen LogP) is 0.705. The van der Waals surface area contributed by atoms with E-state index >= 15 is 0 Å². The van der Waals surface area contributed by atoms with Crippen LogP contribution in [0.4, 0.5) is 0 Å². The van der Waals surface area contributed by atoms with Crippen molar-refractivity contribution in [2.75, 3.05) is 6.54 Å². The van der Waals surface area contributed by atoms with Gasteiger partial charge >= 0.3 is 0 Å². The molecule has 0 aromatic carbocycles. The summed E-state index contributed by atoms with van der Waals surface area (Å²) in [6.07, 6.45) is 5.64. The van der Waals surface area contributed by atoms with Gasteiger partial charge in [0.25, 0.3) is 0 Å². The summed E-state index contributed by atoms with van der Waals surface area (Å²) in [5, 5.41) is 2.61. The first-order chi connectivity index (χ1) is 8.08. The van der Waals surface area contributed by atoms with Gasteiger partial charge < -0.3 is 9.88 Å². The third-order valence-electron chi connectivity index (χ3n) is 2.26. The molecule has 94 valence electrons. The van der Waals surface area contributed by atoms with Gasteiger partial charge in [-0.05, 0) is 6.42 Å². The molecular weight excluding hydrogens is 238 g/mol. The van der Waals surface area contributed by atoms with Crippen molar-refractivity contribution in [2.45, 2.75) is 25.7 Å². The number of aromatic nitrogens is 2. The fraction of sp³-hybridized carbons (Fsp3) is 0.545. The Kier molecular flexibility index (Phi) is 5.76. The summed E-state index contributed by atoms with van der Waals surface area (Å²) in [5.41, 5.74) is 0.957. The topological polar surface area (TPSA) is 64.0 Å². The Hall–Kier alpha value is -1.30. The van der Waals surface area contributed by atoms with Crippen LogP contribution in [0.5, 0.6) is 0 Å². The Morgan fingerprint density at radius 2 is 2.24 bits per heavy atom. The van der Waals surface area contributed by atoms with Crippen molar-refractivity contribution in [1.82, 2.24) is 14.9 Å². The van der Waals surface area contributed by atoms with E-state index < -0.39 is 0 Å². The van der Waals surface area contributed by atoms with E-state index in [1.165, 1.54) is 0 Å². The third kappa shape index (κ3) is 6.11. The first kappa shape index (κ1) is 13.8. The minimum atomic E-state index is -0.175. The fourth-order valence-electron chi connectivity index (χ4n) is 1.41. The van der Waals surface area contributed by atoms with Crippen LogP contribution in [0, 0.1) is 0 Å². The van der Waals surface area contributed by atoms with Crippen molar-refractivity contribution in [3.63, 3.8) is 0 Å². The zero-order valence-corrected chi connectivity index (χ0v) is 10.7. The standard InChI is InChI=1S/C11H17N3O2S/c1-14-7-9(13-8-14)5-6-12-10(15)3-2-4-11(16)17/h7-8H,2-6H2,1H3,(H,12,15)(H,16,17). The molecule has 1 amide bonds. The van der Waals surface area contributed by atoms with Crippen LogP contribution in [-0.2, 0) is 23.1 Å². The van der Waals surface area contributed by atoms with Crippen LogP contribution in [0.2, 0.25) is 0 Å². The number of hydrogen-bond donors (Lipinski definition) is 2. The Morgan fingerprint density at radius 1 is 1.47 bits per heavy atom. The molecule has 0 unspecified atom stereocenters. The van der Waals surface area contributed by atoms with Gasteiger partial charge in [0, 0.05) is 39.1 Å². The van der Waals surface area contributed by atoms with E-state index in [-0.39, 0.29) is 11.0 Å². The molecule has 0 saturated heterocycles. The lowest BCUT2D eigenvalue weighted by Crippen LogP contribution is -2.25. The van der Waals surface area contributed by atoms with E-state index in [4.69, 9.17) is 0 Å². The van der Waals surface area contributed by atoms with Crippen LogP contribution >= 0.6 is 12.6 Å². The van der Waals surface area contributed by atoms with Crippen LogP contribution in [0.3, 0.4) is 0 Å². The second-order valence-electron chi connectivity index (χ2n) is 3.88. The molecule has 1 N–H and O–H groups in total. The number of amides is 1. The van der Waals surface area contributed by atoms with E-state index in [1.54, 1.807) is 6.33 Å². The van der Waals surface area contributed by atoms with Crippen LogP contribution in [-0.4, -0.2) is 27.1 Å². The summed E-state index contributed by atoms with van der Waals surface area (Å²) in [6, 6.07) is 0. The van der Waals surface area contributed by atoms with Crippen molar-refractivity contribution < 1.29 is 9.59 Å². The first-order valence-corrected chi connectivity index (χ1v) is 5.98. The molecule has 0 aliphatic carbocycles. The number of imidazole rings is 1. The average molecular weight is 255 g/mol. The number of aryl methyl sites for hydroxylation is 1. The molecular formula is C11H17N3O2S. The lowest BCUT2D eigenvalue weighted by Gasteiger charge is -2.02. The normalized spacial score (nSPS) is 10.2. The van der Waals surface area contributed by atoms with Gasteiger partial charge in [-0.25, -0.2) is 4.98 Å². The maximum Gasteiger partial charge on any atom is 0.220 e. The van der Waals surface area contributed by atoms with Crippen molar-refractivity contribution in [1.29, 1.82) is 0 Å². The van der Waals surface area contributed by atoms with Crippen LogP contribution < -0.4 is 5.32 Å². The second-order valence-corrected chi connectivity index (χ2v) is 4.38. The fourth-order valence-corrected chi connectivity index (χ4v) is 1.57. The van der Waals surface area contributed by atoms with Crippen molar-refractivity contribution in [3.8, 4) is 0 Å². The van der Waals surface area contributed by atoms with Crippen molar-refractivity contribution in [3.05, 3.63) is 18.2 Å². The monoisotopic (exact) mass is 255 g/mol. The van der Waals surface area contributed by atoms with Gasteiger partial charge in [-0.2, -0.15) is 0 Å². The number of rotatable bonds is 7. The maximum atomic E-state index is 11.3. The van der Waals surface area contributed by atoms with E-state index in [0.717, 1.165) is 12.1 Å². The van der Waals surface area contributed by atoms with Gasteiger partial charge in [0.05, 0.1) is 12.0 Å². The van der Waals surface area contributed by atoms with Gasteiger partial charge in [0.15, 0.2) is 5.12 Å². The SMILES string of the molecule is Cn1cnc(CCNC(=O)CCCC(=O)S)c1. The number of nitrogens with zero attached hydrogens (tertiary/aromatic N) is 2. The Balaban J connectivity index is 2.10. The van der Waals surface area contributed by atoms with E-state index in [9.17, 15) is 9.59 Å². The molecule has 5 nitrogen and oxygen atoms in total. The molecule has 0 saturated carbocycles. The highest BCUT2D eigenvalue weighted by atomic mass is 32.1. The highest BCUT2D eigenvalue weighted by molar-refractivity contribution is 7.96. The summed E-state index contributed by atoms with van der Waals surface area (Å²) >= 11 is 3.64. The Morgan fingerprint density at radius 3 is 2.82 bits per heavy atom. The molecule has 0 fully saturated rings. The smallest absolute Gasteiger partial charge is 0.220 e. The molecule has 1 heterocycles. The zero-order valence-electron chi connectivity index (χ0n) is 9.85. The molecule has 1 aromatic rings. The lowest BCUT2D eigenvalue weighted by atomic mass is 10.2. The molecule has 1 aromatic heterocycles. The molecule has 0 radical (unpaired) electrons. The molecule has 0 aliphatic heterocycles. The summed E-state index contributed by atoms with van der Waals surface area (Å²) < 4.78 is 1.87. The zero-order chi connectivity index (χ0) is 12.7. The van der Waals surface area contributed by atoms with E-state index in [1.807, 2.05) is 17.8 Å². The molecule has 0 aliphatic rings. The maximum absolute atomic E-state index is 11.3. The van der Waals surface area contributed by atoms with Crippen LogP contribution in [0.25, 0.3) is 0 Å². The largest absolute Gasteiger partial charge is 0.356 e. The van der Waals surface area contributed by atoms with Crippen LogP contribution in [0.15, 0.2) is 12.5 Å². The number of carbonyl (C=O) groups excluding carboxylic acids is 2. The Labute approximate surface area is 106 Å². The Bertz CT molecular complexity index is 390. The minimum absolute atomic E-state index is 0.0319. The highest BCUT2D eigenvalue weighted by Crippen LogP contribution is 1.99. The molecule has 6 heteroatoms. The summed E-state index contributed by atoms with van der Waals surface area (Å²) in [5.74, 6) is -0.0319. The highest BCUT2D eigenvalue weighted by Gasteiger charge is 2.03. The lowest BCUT2D eigenvalue weighted by molar-refractivity contribution is -0.121. The quantitative estimate of drug-likeness (QED) is 0.705. The molecule has 0 atom stereocenters. The number of hydrogen-bond acceptors (Lipinski definition) is 3. The van der Waals surface area contributed by atoms with Gasteiger partial charge in [-0.3, -0.25) is 9.59 Å². The van der Waals surface area contributed by atoms with Gasteiger partial charge in [-0.1, -0.05) is 0 Å². The van der Waals surface area contributed by atoms with Crippen molar-refractivity contribution in [2.24, 2.45) is 7.05 Å². The van der Waals surface area contributed by atoms with Gasteiger partial charge in [-0.15, -0.1) is 12.6 Å². The number of nitrogens with one attached hydrogen (secondary N) is 1. The average Bonchev–Trinajstić information content (AvgIpc) is 2.63. The molecule has 0 bridgehead atoms. The second kappa shape index (κ2) is 7.11. The summed E-state index contributed by atoms with van der Waals surface area (Å²) in [4.78, 5) is 26.1. The minimum Gasteiger partial charge on any atom is -0.356 e. The van der Waals surface area contributed by atoms with E-state index in [0.29, 0.717) is 25.8 Å². The number of thiol groups is 1.